The lowest BCUT2D eigenvalue weighted by atomic mass is 10.2. The highest BCUT2D eigenvalue weighted by Gasteiger charge is 2.06. The number of aliphatic hydroxyl groups is 2. The van der Waals surface area contributed by atoms with E-state index in [2.05, 4.69) is 5.32 Å². The number of aliphatic hydroxyl groups excluding tert-OH is 2. The van der Waals surface area contributed by atoms with Gasteiger partial charge in [0, 0.05) is 37.3 Å². The molecular formula is C19H23NO5. The van der Waals surface area contributed by atoms with Crippen molar-refractivity contribution in [3.05, 3.63) is 54.1 Å². The third-order valence-corrected chi connectivity index (χ3v) is 3.37. The molecule has 0 fully saturated rings. The molecule has 0 spiro atoms. The summed E-state index contributed by atoms with van der Waals surface area (Å²) in [7, 11) is 0. The van der Waals surface area contributed by atoms with Crippen LogP contribution in [-0.2, 0) is 0 Å². The Bertz CT molecular complexity index is 640. The summed E-state index contributed by atoms with van der Waals surface area (Å²) in [6.07, 6.45) is 1.15. The summed E-state index contributed by atoms with van der Waals surface area (Å²) in [4.78, 5) is 12.2. The molecule has 134 valence electrons. The van der Waals surface area contributed by atoms with E-state index < -0.39 is 0 Å². The van der Waals surface area contributed by atoms with Crippen LogP contribution in [0.2, 0.25) is 0 Å². The molecule has 0 atom stereocenters. The van der Waals surface area contributed by atoms with Crippen molar-refractivity contribution in [1.29, 1.82) is 0 Å². The van der Waals surface area contributed by atoms with Crippen molar-refractivity contribution in [2.24, 2.45) is 0 Å². The second-order valence-electron chi connectivity index (χ2n) is 5.35. The van der Waals surface area contributed by atoms with Crippen molar-refractivity contribution in [3.8, 4) is 11.5 Å². The van der Waals surface area contributed by atoms with Gasteiger partial charge >= 0.3 is 0 Å². The summed E-state index contributed by atoms with van der Waals surface area (Å²) in [6, 6.07) is 13.9. The fourth-order valence-corrected chi connectivity index (χ4v) is 2.05. The largest absolute Gasteiger partial charge is 0.494 e. The summed E-state index contributed by atoms with van der Waals surface area (Å²) in [6.45, 7) is 1.08. The highest BCUT2D eigenvalue weighted by molar-refractivity contribution is 6.04. The maximum absolute atomic E-state index is 12.2. The Kier molecular flexibility index (Phi) is 7.75. The van der Waals surface area contributed by atoms with E-state index in [4.69, 9.17) is 19.7 Å². The van der Waals surface area contributed by atoms with Crippen molar-refractivity contribution in [2.45, 2.75) is 12.8 Å². The molecule has 0 saturated heterocycles. The van der Waals surface area contributed by atoms with Crippen LogP contribution >= 0.6 is 0 Å². The molecule has 6 nitrogen and oxygen atoms in total. The normalized spacial score (nSPS) is 10.3. The molecule has 0 aliphatic rings. The summed E-state index contributed by atoms with van der Waals surface area (Å²) < 4.78 is 10.9. The van der Waals surface area contributed by atoms with Crippen LogP contribution in [0.15, 0.2) is 48.5 Å². The van der Waals surface area contributed by atoms with Crippen molar-refractivity contribution in [3.63, 3.8) is 0 Å². The molecule has 0 unspecified atom stereocenters. The van der Waals surface area contributed by atoms with Crippen LogP contribution in [0.3, 0.4) is 0 Å². The third kappa shape index (κ3) is 6.45. The summed E-state index contributed by atoms with van der Waals surface area (Å²) in [5.41, 5.74) is 1.19. The van der Waals surface area contributed by atoms with Gasteiger partial charge < -0.3 is 25.0 Å². The van der Waals surface area contributed by atoms with E-state index in [1.807, 2.05) is 0 Å². The van der Waals surface area contributed by atoms with Gasteiger partial charge in [0.25, 0.3) is 5.91 Å². The van der Waals surface area contributed by atoms with Gasteiger partial charge in [-0.3, -0.25) is 4.79 Å². The highest BCUT2D eigenvalue weighted by atomic mass is 16.5. The lowest BCUT2D eigenvalue weighted by molar-refractivity contribution is 0.102. The summed E-state index contributed by atoms with van der Waals surface area (Å²) in [5.74, 6) is 1.14. The second-order valence-corrected chi connectivity index (χ2v) is 5.35. The molecule has 6 heteroatoms. The summed E-state index contributed by atoms with van der Waals surface area (Å²) >= 11 is 0. The van der Waals surface area contributed by atoms with Gasteiger partial charge in [-0.1, -0.05) is 0 Å². The molecule has 0 saturated carbocycles. The van der Waals surface area contributed by atoms with Gasteiger partial charge in [-0.2, -0.15) is 0 Å². The second kappa shape index (κ2) is 10.3. The number of ether oxygens (including phenoxy) is 2. The van der Waals surface area contributed by atoms with E-state index in [0.717, 1.165) is 0 Å². The first-order valence-electron chi connectivity index (χ1n) is 8.21. The number of hydrogen-bond donors (Lipinski definition) is 3. The number of rotatable bonds is 10. The zero-order valence-electron chi connectivity index (χ0n) is 14.0. The number of anilines is 1. The summed E-state index contributed by atoms with van der Waals surface area (Å²) in [5, 5.41) is 20.3. The first-order chi connectivity index (χ1) is 12.2. The monoisotopic (exact) mass is 345 g/mol. The molecule has 0 heterocycles. The van der Waals surface area contributed by atoms with Crippen LogP contribution in [0, 0.1) is 0 Å². The Morgan fingerprint density at radius 3 is 1.76 bits per heavy atom. The van der Waals surface area contributed by atoms with E-state index in [1.54, 1.807) is 48.5 Å². The SMILES string of the molecule is O=C(Nc1ccc(OCCCO)cc1)c1ccc(OCCCO)cc1. The highest BCUT2D eigenvalue weighted by Crippen LogP contribution is 2.18. The first kappa shape index (κ1) is 18.8. The number of carbonyl (C=O) groups excluding carboxylic acids is 1. The fourth-order valence-electron chi connectivity index (χ4n) is 2.05. The van der Waals surface area contributed by atoms with Crippen molar-refractivity contribution >= 4 is 11.6 Å². The van der Waals surface area contributed by atoms with Crippen molar-refractivity contribution in [1.82, 2.24) is 0 Å². The van der Waals surface area contributed by atoms with Crippen LogP contribution in [0.4, 0.5) is 5.69 Å². The molecule has 2 aromatic rings. The standard InChI is InChI=1S/C19H23NO5/c21-11-1-13-24-17-7-3-15(4-8-17)19(23)20-16-5-9-18(10-6-16)25-14-2-12-22/h3-10,21-22H,1-2,11-14H2,(H,20,23). The molecular weight excluding hydrogens is 322 g/mol. The maximum Gasteiger partial charge on any atom is 0.255 e. The molecule has 0 aliphatic heterocycles. The van der Waals surface area contributed by atoms with E-state index in [-0.39, 0.29) is 19.1 Å². The lowest BCUT2D eigenvalue weighted by Crippen LogP contribution is -2.11. The van der Waals surface area contributed by atoms with E-state index in [9.17, 15) is 4.79 Å². The van der Waals surface area contributed by atoms with Gasteiger partial charge in [0.1, 0.15) is 11.5 Å². The molecule has 3 N–H and O–H groups in total. The van der Waals surface area contributed by atoms with Crippen LogP contribution < -0.4 is 14.8 Å². The average molecular weight is 345 g/mol. The Morgan fingerprint density at radius 2 is 1.28 bits per heavy atom. The van der Waals surface area contributed by atoms with Crippen LogP contribution in [0.25, 0.3) is 0 Å². The van der Waals surface area contributed by atoms with Crippen molar-refractivity contribution in [2.75, 3.05) is 31.7 Å². The molecule has 0 aromatic heterocycles. The topological polar surface area (TPSA) is 88.0 Å². The average Bonchev–Trinajstić information content (AvgIpc) is 2.64. The number of amides is 1. The lowest BCUT2D eigenvalue weighted by Gasteiger charge is -2.09. The minimum Gasteiger partial charge on any atom is -0.494 e. The van der Waals surface area contributed by atoms with Crippen LogP contribution in [0.5, 0.6) is 11.5 Å². The fraction of sp³-hybridized carbons (Fsp3) is 0.316. The zero-order chi connectivity index (χ0) is 17.9. The Hall–Kier alpha value is -2.57. The number of hydrogen-bond acceptors (Lipinski definition) is 5. The third-order valence-electron chi connectivity index (χ3n) is 3.37. The van der Waals surface area contributed by atoms with E-state index in [1.165, 1.54) is 0 Å². The maximum atomic E-state index is 12.2. The molecule has 0 aliphatic carbocycles. The van der Waals surface area contributed by atoms with Gasteiger partial charge in [-0.25, -0.2) is 0 Å². The minimum absolute atomic E-state index is 0.0890. The van der Waals surface area contributed by atoms with Crippen molar-refractivity contribution < 1.29 is 24.5 Å². The smallest absolute Gasteiger partial charge is 0.255 e. The van der Waals surface area contributed by atoms with Gasteiger partial charge in [0.05, 0.1) is 13.2 Å². The van der Waals surface area contributed by atoms with Gasteiger partial charge in [-0.05, 0) is 48.5 Å². The Balaban J connectivity index is 1.86. The Labute approximate surface area is 147 Å². The van der Waals surface area contributed by atoms with Crippen LogP contribution in [-0.4, -0.2) is 42.5 Å². The van der Waals surface area contributed by atoms with Crippen LogP contribution in [0.1, 0.15) is 23.2 Å². The van der Waals surface area contributed by atoms with Gasteiger partial charge in [-0.15, -0.1) is 0 Å². The van der Waals surface area contributed by atoms with Gasteiger partial charge in [0.2, 0.25) is 0 Å². The molecule has 25 heavy (non-hydrogen) atoms. The predicted octanol–water partition coefficient (Wildman–Crippen LogP) is 2.46. The van der Waals surface area contributed by atoms with E-state index >= 15 is 0 Å². The number of nitrogens with one attached hydrogen (secondary N) is 1. The zero-order valence-corrected chi connectivity index (χ0v) is 14.0. The molecule has 2 rings (SSSR count). The predicted molar refractivity (Wildman–Crippen MR) is 95.2 cm³/mol. The van der Waals surface area contributed by atoms with Gasteiger partial charge in [0.15, 0.2) is 0 Å². The first-order valence-corrected chi connectivity index (χ1v) is 8.21. The minimum atomic E-state index is -0.212. The van der Waals surface area contributed by atoms with E-state index in [0.29, 0.717) is 48.8 Å². The number of carbonyl (C=O) groups is 1. The molecule has 0 bridgehead atoms. The molecule has 2 aromatic carbocycles. The molecule has 1 amide bonds. The quantitative estimate of drug-likeness (QED) is 0.576. The Morgan fingerprint density at radius 1 is 0.800 bits per heavy atom. The molecule has 0 radical (unpaired) electrons. The number of benzene rings is 2.